The summed E-state index contributed by atoms with van der Waals surface area (Å²) >= 11 is 0. The Morgan fingerprint density at radius 2 is 2.31 bits per heavy atom. The second-order valence-electron chi connectivity index (χ2n) is 4.71. The van der Waals surface area contributed by atoms with Gasteiger partial charge in [0.15, 0.2) is 0 Å². The van der Waals surface area contributed by atoms with Crippen LogP contribution in [0, 0.1) is 11.8 Å². The van der Waals surface area contributed by atoms with E-state index >= 15 is 0 Å². The van der Waals surface area contributed by atoms with Crippen LogP contribution < -0.4 is 10.6 Å². The third-order valence-corrected chi connectivity index (χ3v) is 3.07. The van der Waals surface area contributed by atoms with Crippen LogP contribution in [0.15, 0.2) is 0 Å². The lowest BCUT2D eigenvalue weighted by atomic mass is 10.0. The zero-order chi connectivity index (χ0) is 12.0. The van der Waals surface area contributed by atoms with E-state index in [0.717, 1.165) is 19.5 Å². The number of ether oxygens (including phenoxy) is 1. The molecule has 0 aromatic heterocycles. The van der Waals surface area contributed by atoms with Crippen LogP contribution in [0.3, 0.4) is 0 Å². The summed E-state index contributed by atoms with van der Waals surface area (Å²) in [6.07, 6.45) is 0.950. The van der Waals surface area contributed by atoms with E-state index in [9.17, 15) is 4.79 Å². The molecule has 1 fully saturated rings. The lowest BCUT2D eigenvalue weighted by molar-refractivity contribution is -0.126. The van der Waals surface area contributed by atoms with Crippen LogP contribution in [0.25, 0.3) is 0 Å². The van der Waals surface area contributed by atoms with Crippen LogP contribution in [0.5, 0.6) is 0 Å². The van der Waals surface area contributed by atoms with Gasteiger partial charge in [0.1, 0.15) is 0 Å². The normalized spacial score (nSPS) is 22.4. The highest BCUT2D eigenvalue weighted by Crippen LogP contribution is 2.10. The van der Waals surface area contributed by atoms with Crippen LogP contribution in [0.1, 0.15) is 27.2 Å². The number of rotatable bonds is 6. The molecule has 4 nitrogen and oxygen atoms in total. The van der Waals surface area contributed by atoms with Gasteiger partial charge in [0, 0.05) is 13.2 Å². The molecule has 0 saturated carbocycles. The molecule has 1 aliphatic heterocycles. The minimum Gasteiger partial charge on any atom is -0.380 e. The van der Waals surface area contributed by atoms with E-state index in [0.29, 0.717) is 19.1 Å². The Morgan fingerprint density at radius 3 is 2.81 bits per heavy atom. The summed E-state index contributed by atoms with van der Waals surface area (Å²) in [5.74, 6) is 0.719. The van der Waals surface area contributed by atoms with Crippen LogP contribution in [-0.2, 0) is 9.53 Å². The summed E-state index contributed by atoms with van der Waals surface area (Å²) in [5, 5.41) is 6.30. The van der Waals surface area contributed by atoms with Gasteiger partial charge in [0.05, 0.1) is 18.6 Å². The maximum absolute atomic E-state index is 11.9. The Bertz CT molecular complexity index is 213. The first-order chi connectivity index (χ1) is 7.65. The van der Waals surface area contributed by atoms with Gasteiger partial charge in [-0.1, -0.05) is 13.8 Å². The molecule has 0 aromatic rings. The van der Waals surface area contributed by atoms with Crippen molar-refractivity contribution in [3.63, 3.8) is 0 Å². The molecular weight excluding hydrogens is 204 g/mol. The van der Waals surface area contributed by atoms with Gasteiger partial charge in [-0.3, -0.25) is 4.79 Å². The van der Waals surface area contributed by atoms with E-state index in [-0.39, 0.29) is 17.9 Å². The highest BCUT2D eigenvalue weighted by atomic mass is 16.5. The van der Waals surface area contributed by atoms with Crippen LogP contribution in [-0.4, -0.2) is 38.3 Å². The van der Waals surface area contributed by atoms with Gasteiger partial charge in [-0.05, 0) is 25.8 Å². The molecule has 1 heterocycles. The monoisotopic (exact) mass is 228 g/mol. The van der Waals surface area contributed by atoms with Gasteiger partial charge in [0.25, 0.3) is 0 Å². The van der Waals surface area contributed by atoms with E-state index in [2.05, 4.69) is 24.5 Å². The molecule has 2 N–H and O–H groups in total. The first kappa shape index (κ1) is 13.5. The molecule has 1 amide bonds. The zero-order valence-electron chi connectivity index (χ0n) is 10.6. The maximum atomic E-state index is 11.9. The second-order valence-corrected chi connectivity index (χ2v) is 4.71. The van der Waals surface area contributed by atoms with Crippen LogP contribution in [0.2, 0.25) is 0 Å². The number of nitrogens with one attached hydrogen (secondary N) is 2. The molecule has 0 spiro atoms. The fourth-order valence-corrected chi connectivity index (χ4v) is 1.82. The van der Waals surface area contributed by atoms with Crippen molar-refractivity contribution in [3.8, 4) is 0 Å². The summed E-state index contributed by atoms with van der Waals surface area (Å²) in [7, 11) is 0. The summed E-state index contributed by atoms with van der Waals surface area (Å²) in [6, 6.07) is 0.132. The largest absolute Gasteiger partial charge is 0.380 e. The second kappa shape index (κ2) is 6.86. The molecule has 0 bridgehead atoms. The van der Waals surface area contributed by atoms with Gasteiger partial charge < -0.3 is 15.4 Å². The lowest BCUT2D eigenvalue weighted by Gasteiger charge is -2.23. The third kappa shape index (κ3) is 4.10. The average Bonchev–Trinajstić information content (AvgIpc) is 2.76. The van der Waals surface area contributed by atoms with Gasteiger partial charge in [-0.25, -0.2) is 0 Å². The minimum absolute atomic E-state index is 0.132. The standard InChI is InChI=1S/C12H24N2O2/c1-4-16-8-11(9(2)3)14-12(15)10-5-6-13-7-10/h9-11,13H,4-8H2,1-3H3,(H,14,15). The van der Waals surface area contributed by atoms with Crippen molar-refractivity contribution in [1.29, 1.82) is 0 Å². The van der Waals surface area contributed by atoms with Crippen LogP contribution >= 0.6 is 0 Å². The predicted molar refractivity (Wildman–Crippen MR) is 64.2 cm³/mol. The number of carbonyl (C=O) groups is 1. The van der Waals surface area contributed by atoms with Crippen molar-refractivity contribution in [2.75, 3.05) is 26.3 Å². The fourth-order valence-electron chi connectivity index (χ4n) is 1.82. The highest BCUT2D eigenvalue weighted by Gasteiger charge is 2.25. The topological polar surface area (TPSA) is 50.4 Å². The molecule has 2 unspecified atom stereocenters. The molecule has 0 aliphatic carbocycles. The number of amides is 1. The van der Waals surface area contributed by atoms with Gasteiger partial charge >= 0.3 is 0 Å². The van der Waals surface area contributed by atoms with Crippen molar-refractivity contribution in [1.82, 2.24) is 10.6 Å². The Morgan fingerprint density at radius 1 is 1.56 bits per heavy atom. The van der Waals surface area contributed by atoms with Gasteiger partial charge in [-0.15, -0.1) is 0 Å². The first-order valence-corrected chi connectivity index (χ1v) is 6.24. The van der Waals surface area contributed by atoms with Gasteiger partial charge in [-0.2, -0.15) is 0 Å². The number of hydrogen-bond acceptors (Lipinski definition) is 3. The van der Waals surface area contributed by atoms with E-state index in [4.69, 9.17) is 4.74 Å². The van der Waals surface area contributed by atoms with Crippen molar-refractivity contribution in [2.24, 2.45) is 11.8 Å². The quantitative estimate of drug-likeness (QED) is 0.706. The predicted octanol–water partition coefficient (Wildman–Crippen LogP) is 0.773. The zero-order valence-corrected chi connectivity index (χ0v) is 10.6. The molecule has 4 heteroatoms. The minimum atomic E-state index is 0.132. The third-order valence-electron chi connectivity index (χ3n) is 3.07. The molecule has 16 heavy (non-hydrogen) atoms. The van der Waals surface area contributed by atoms with E-state index in [1.54, 1.807) is 0 Å². The number of carbonyl (C=O) groups excluding carboxylic acids is 1. The Kier molecular flexibility index (Phi) is 5.77. The molecule has 1 aliphatic rings. The summed E-state index contributed by atoms with van der Waals surface area (Å²) in [6.45, 7) is 9.26. The fraction of sp³-hybridized carbons (Fsp3) is 0.917. The number of hydrogen-bond donors (Lipinski definition) is 2. The summed E-state index contributed by atoms with van der Waals surface area (Å²) in [4.78, 5) is 11.9. The van der Waals surface area contributed by atoms with E-state index < -0.39 is 0 Å². The van der Waals surface area contributed by atoms with Crippen molar-refractivity contribution < 1.29 is 9.53 Å². The smallest absolute Gasteiger partial charge is 0.224 e. The molecule has 0 radical (unpaired) electrons. The highest BCUT2D eigenvalue weighted by molar-refractivity contribution is 5.79. The Labute approximate surface area is 98.1 Å². The Balaban J connectivity index is 2.37. The summed E-state index contributed by atoms with van der Waals surface area (Å²) < 4.78 is 5.39. The van der Waals surface area contributed by atoms with Crippen molar-refractivity contribution in [2.45, 2.75) is 33.2 Å². The molecule has 0 aromatic carbocycles. The van der Waals surface area contributed by atoms with Gasteiger partial charge in [0.2, 0.25) is 5.91 Å². The molecular formula is C12H24N2O2. The van der Waals surface area contributed by atoms with Crippen molar-refractivity contribution >= 4 is 5.91 Å². The van der Waals surface area contributed by atoms with E-state index in [1.165, 1.54) is 0 Å². The average molecular weight is 228 g/mol. The molecule has 2 atom stereocenters. The Hall–Kier alpha value is -0.610. The maximum Gasteiger partial charge on any atom is 0.224 e. The lowest BCUT2D eigenvalue weighted by Crippen LogP contribution is -2.45. The molecule has 94 valence electrons. The SMILES string of the molecule is CCOCC(NC(=O)C1CCNC1)C(C)C. The molecule has 1 rings (SSSR count). The first-order valence-electron chi connectivity index (χ1n) is 6.24. The summed E-state index contributed by atoms with van der Waals surface area (Å²) in [5.41, 5.74) is 0. The van der Waals surface area contributed by atoms with Crippen LogP contribution in [0.4, 0.5) is 0 Å². The van der Waals surface area contributed by atoms with E-state index in [1.807, 2.05) is 6.92 Å². The molecule has 1 saturated heterocycles. The van der Waals surface area contributed by atoms with Crippen molar-refractivity contribution in [3.05, 3.63) is 0 Å².